The molecule has 0 aromatic heterocycles. The first kappa shape index (κ1) is 18.1. The maximum Gasteiger partial charge on any atom is 0.144 e. The molecule has 1 heterocycles. The van der Waals surface area contributed by atoms with Gasteiger partial charge in [-0.15, -0.1) is 11.8 Å². The third kappa shape index (κ3) is 4.88. The maximum atomic E-state index is 10.1. The van der Waals surface area contributed by atoms with Gasteiger partial charge in [-0.25, -0.2) is 0 Å². The van der Waals surface area contributed by atoms with Crippen molar-refractivity contribution < 1.29 is 9.94 Å². The van der Waals surface area contributed by atoms with Gasteiger partial charge in [0.15, 0.2) is 0 Å². The molecule has 132 valence electrons. The molecule has 24 heavy (non-hydrogen) atoms. The van der Waals surface area contributed by atoms with E-state index in [1.165, 1.54) is 32.1 Å². The first-order chi connectivity index (χ1) is 11.7. The first-order valence-electron chi connectivity index (χ1n) is 8.76. The molecule has 1 aromatic carbocycles. The van der Waals surface area contributed by atoms with Crippen LogP contribution >= 0.6 is 23.4 Å². The molecule has 3 rings (SSSR count). The van der Waals surface area contributed by atoms with Crippen LogP contribution in [0.4, 0.5) is 0 Å². The van der Waals surface area contributed by atoms with E-state index in [1.807, 2.05) is 18.2 Å². The van der Waals surface area contributed by atoms with Crippen molar-refractivity contribution in [3.8, 4) is 0 Å². The topological polar surface area (TPSA) is 53.8 Å². The summed E-state index contributed by atoms with van der Waals surface area (Å²) >= 11 is 8.00. The van der Waals surface area contributed by atoms with E-state index in [-0.39, 0.29) is 6.61 Å². The van der Waals surface area contributed by atoms with Crippen molar-refractivity contribution in [2.75, 3.05) is 18.9 Å². The largest absolute Gasteiger partial charge is 0.393 e. The lowest BCUT2D eigenvalue weighted by atomic mass is 9.95. The second-order valence-corrected chi connectivity index (χ2v) is 7.96. The Balaban J connectivity index is 1.47. The summed E-state index contributed by atoms with van der Waals surface area (Å²) in [7, 11) is 0. The Morgan fingerprint density at radius 1 is 1.33 bits per heavy atom. The number of aliphatic hydroxyl groups excluding tert-OH is 1. The summed E-state index contributed by atoms with van der Waals surface area (Å²) in [5.74, 6) is 0.949. The molecule has 2 N–H and O–H groups in total. The number of hydrogen-bond donors (Lipinski definition) is 2. The molecular weight excluding hydrogens is 344 g/mol. The van der Waals surface area contributed by atoms with Crippen LogP contribution in [0.5, 0.6) is 0 Å². The monoisotopic (exact) mass is 368 g/mol. The van der Waals surface area contributed by atoms with Crippen molar-refractivity contribution >= 4 is 29.1 Å². The van der Waals surface area contributed by atoms with Crippen molar-refractivity contribution in [3.05, 3.63) is 28.8 Å². The number of rotatable bonds is 6. The summed E-state index contributed by atoms with van der Waals surface area (Å²) < 4.78 is 0. The van der Waals surface area contributed by atoms with Crippen molar-refractivity contribution in [1.29, 1.82) is 0 Å². The Hall–Kier alpha value is -0.750. The Bertz CT molecular complexity index is 576. The van der Waals surface area contributed by atoms with E-state index in [4.69, 9.17) is 16.4 Å². The van der Waals surface area contributed by atoms with Crippen LogP contribution in [0, 0.1) is 0 Å². The number of halogens is 1. The molecule has 0 bridgehead atoms. The fourth-order valence-corrected chi connectivity index (χ4v) is 4.62. The third-order valence-corrected chi connectivity index (χ3v) is 6.12. The van der Waals surface area contributed by atoms with Gasteiger partial charge in [0.05, 0.1) is 10.7 Å². The summed E-state index contributed by atoms with van der Waals surface area (Å²) in [6, 6.07) is 6.41. The highest BCUT2D eigenvalue weighted by Crippen LogP contribution is 2.35. The fourth-order valence-electron chi connectivity index (χ4n) is 3.23. The standard InChI is InChI=1S/C18H25ClN2O2S/c19-16-8-4-7-15-17(9-10-24-18(15)16)21-23-12-14(22)11-20-13-5-2-1-3-6-13/h4,7-8,13-14,20,22H,1-3,5-6,9-12H2/b21-17+/t14-/m0/s1. The lowest BCUT2D eigenvalue weighted by Gasteiger charge is -2.24. The summed E-state index contributed by atoms with van der Waals surface area (Å²) in [5, 5.41) is 18.5. The van der Waals surface area contributed by atoms with Gasteiger partial charge >= 0.3 is 0 Å². The minimum atomic E-state index is -0.534. The van der Waals surface area contributed by atoms with Crippen LogP contribution in [0.1, 0.15) is 44.1 Å². The molecular formula is C18H25ClN2O2S. The Morgan fingerprint density at radius 3 is 3.00 bits per heavy atom. The predicted octanol–water partition coefficient (Wildman–Crippen LogP) is 3.84. The summed E-state index contributed by atoms with van der Waals surface area (Å²) in [4.78, 5) is 6.49. The second kappa shape index (κ2) is 9.09. The van der Waals surface area contributed by atoms with E-state index in [1.54, 1.807) is 11.8 Å². The lowest BCUT2D eigenvalue weighted by molar-refractivity contribution is 0.0380. The van der Waals surface area contributed by atoms with Crippen LogP contribution in [-0.2, 0) is 4.84 Å². The SMILES string of the molecule is O[C@@H](CNC1CCCCC1)CO/N=C1\CCSc2c(Cl)cccc21. The van der Waals surface area contributed by atoms with Gasteiger partial charge in [-0.05, 0) is 18.9 Å². The average Bonchev–Trinajstić information content (AvgIpc) is 2.62. The molecule has 0 amide bonds. The van der Waals surface area contributed by atoms with Crippen LogP contribution in [0.25, 0.3) is 0 Å². The third-order valence-electron chi connectivity index (χ3n) is 4.55. The number of fused-ring (bicyclic) bond motifs is 1. The van der Waals surface area contributed by atoms with E-state index in [0.29, 0.717) is 12.6 Å². The summed E-state index contributed by atoms with van der Waals surface area (Å²) in [6.07, 6.45) is 6.67. The van der Waals surface area contributed by atoms with Crippen LogP contribution < -0.4 is 5.32 Å². The number of aliphatic hydroxyl groups is 1. The van der Waals surface area contributed by atoms with E-state index >= 15 is 0 Å². The Labute approximate surface area is 153 Å². The van der Waals surface area contributed by atoms with E-state index in [2.05, 4.69) is 10.5 Å². The molecule has 1 saturated carbocycles. The van der Waals surface area contributed by atoms with Crippen molar-refractivity contribution in [1.82, 2.24) is 5.32 Å². The molecule has 1 atom stereocenters. The van der Waals surface area contributed by atoms with Crippen molar-refractivity contribution in [2.45, 2.75) is 55.6 Å². The molecule has 1 fully saturated rings. The fraction of sp³-hybridized carbons (Fsp3) is 0.611. The molecule has 1 aromatic rings. The highest BCUT2D eigenvalue weighted by Gasteiger charge is 2.19. The quantitative estimate of drug-likeness (QED) is 0.749. The highest BCUT2D eigenvalue weighted by molar-refractivity contribution is 7.99. The molecule has 6 heteroatoms. The maximum absolute atomic E-state index is 10.1. The molecule has 1 aliphatic carbocycles. The molecule has 1 aliphatic heterocycles. The molecule has 2 aliphatic rings. The van der Waals surface area contributed by atoms with Gasteiger partial charge in [0, 0.05) is 35.2 Å². The number of thioether (sulfide) groups is 1. The average molecular weight is 369 g/mol. The van der Waals surface area contributed by atoms with Crippen LogP contribution in [0.3, 0.4) is 0 Å². The highest BCUT2D eigenvalue weighted by atomic mass is 35.5. The van der Waals surface area contributed by atoms with Gasteiger partial charge < -0.3 is 15.3 Å². The van der Waals surface area contributed by atoms with Gasteiger partial charge in [0.1, 0.15) is 12.7 Å². The molecule has 0 spiro atoms. The zero-order valence-corrected chi connectivity index (χ0v) is 15.4. The lowest BCUT2D eigenvalue weighted by Crippen LogP contribution is -2.38. The van der Waals surface area contributed by atoms with Gasteiger partial charge in [-0.3, -0.25) is 0 Å². The van der Waals surface area contributed by atoms with Crippen molar-refractivity contribution in [2.24, 2.45) is 5.16 Å². The first-order valence-corrected chi connectivity index (χ1v) is 10.1. The van der Waals surface area contributed by atoms with E-state index in [0.717, 1.165) is 33.4 Å². The zero-order chi connectivity index (χ0) is 16.8. The second-order valence-electron chi connectivity index (χ2n) is 6.45. The zero-order valence-electron chi connectivity index (χ0n) is 13.8. The number of hydrogen-bond acceptors (Lipinski definition) is 5. The molecule has 0 radical (unpaired) electrons. The minimum Gasteiger partial charge on any atom is -0.393 e. The smallest absolute Gasteiger partial charge is 0.144 e. The molecule has 0 saturated heterocycles. The van der Waals surface area contributed by atoms with Gasteiger partial charge in [0.25, 0.3) is 0 Å². The number of oxime groups is 1. The van der Waals surface area contributed by atoms with Crippen LogP contribution in [-0.4, -0.2) is 41.9 Å². The number of benzene rings is 1. The van der Waals surface area contributed by atoms with E-state index < -0.39 is 6.10 Å². The predicted molar refractivity (Wildman–Crippen MR) is 100 cm³/mol. The molecule has 4 nitrogen and oxygen atoms in total. The van der Waals surface area contributed by atoms with Gasteiger partial charge in [-0.1, -0.05) is 48.2 Å². The van der Waals surface area contributed by atoms with Gasteiger partial charge in [0.2, 0.25) is 0 Å². The van der Waals surface area contributed by atoms with Crippen LogP contribution in [0.2, 0.25) is 5.02 Å². The minimum absolute atomic E-state index is 0.215. The van der Waals surface area contributed by atoms with Gasteiger partial charge in [-0.2, -0.15) is 0 Å². The van der Waals surface area contributed by atoms with Crippen LogP contribution in [0.15, 0.2) is 28.3 Å². The Kier molecular flexibility index (Phi) is 6.84. The summed E-state index contributed by atoms with van der Waals surface area (Å²) in [6.45, 7) is 0.778. The van der Waals surface area contributed by atoms with Crippen molar-refractivity contribution in [3.63, 3.8) is 0 Å². The Morgan fingerprint density at radius 2 is 2.17 bits per heavy atom. The van der Waals surface area contributed by atoms with E-state index in [9.17, 15) is 5.11 Å². The summed E-state index contributed by atoms with van der Waals surface area (Å²) in [5.41, 5.74) is 1.97. The molecule has 0 unspecified atom stereocenters. The normalized spacial score (nSPS) is 21.5. The number of nitrogens with one attached hydrogen (secondary N) is 1. The number of nitrogens with zero attached hydrogens (tertiary/aromatic N) is 1.